The highest BCUT2D eigenvalue weighted by Gasteiger charge is 2.62. The molecule has 1 N–H and O–H groups in total. The molecule has 2 unspecified atom stereocenters. The maximum atomic E-state index is 12.3. The van der Waals surface area contributed by atoms with Crippen molar-refractivity contribution in [3.05, 3.63) is 11.1 Å². The van der Waals surface area contributed by atoms with E-state index in [9.17, 15) is 35.9 Å². The van der Waals surface area contributed by atoms with Crippen LogP contribution in [0.4, 0.5) is 26.3 Å². The molecule has 132 valence electrons. The Balaban J connectivity index is 2.89. The predicted molar refractivity (Wildman–Crippen MR) is 64.3 cm³/mol. The molecular formula is C12H11ClF6O4. The number of esters is 1. The highest BCUT2D eigenvalue weighted by Crippen LogP contribution is 2.59. The number of halogens is 7. The van der Waals surface area contributed by atoms with Crippen LogP contribution in [0, 0.1) is 17.3 Å². The van der Waals surface area contributed by atoms with E-state index in [-0.39, 0.29) is 0 Å². The zero-order valence-corrected chi connectivity index (χ0v) is 12.4. The zero-order chi connectivity index (χ0) is 18.4. The second-order valence-electron chi connectivity index (χ2n) is 5.55. The van der Waals surface area contributed by atoms with Crippen LogP contribution < -0.4 is 0 Å². The molecule has 2 atom stereocenters. The molecule has 0 spiro atoms. The second-order valence-corrected chi connectivity index (χ2v) is 5.95. The monoisotopic (exact) mass is 368 g/mol. The van der Waals surface area contributed by atoms with Crippen LogP contribution >= 0.6 is 11.6 Å². The van der Waals surface area contributed by atoms with Crippen LogP contribution in [-0.4, -0.2) is 35.5 Å². The Morgan fingerprint density at radius 2 is 1.61 bits per heavy atom. The summed E-state index contributed by atoms with van der Waals surface area (Å²) in [6.07, 6.45) is -15.2. The topological polar surface area (TPSA) is 63.6 Å². The molecule has 1 fully saturated rings. The summed E-state index contributed by atoms with van der Waals surface area (Å²) in [6, 6.07) is 0. The molecule has 0 saturated heterocycles. The first kappa shape index (κ1) is 19.6. The minimum atomic E-state index is -5.85. The van der Waals surface area contributed by atoms with Gasteiger partial charge in [0.25, 0.3) is 6.10 Å². The number of hydrogen-bond acceptors (Lipinski definition) is 3. The molecule has 4 nitrogen and oxygen atoms in total. The summed E-state index contributed by atoms with van der Waals surface area (Å²) in [7, 11) is 0. The Kier molecular flexibility index (Phi) is 5.01. The first-order valence-corrected chi connectivity index (χ1v) is 6.42. The van der Waals surface area contributed by atoms with Crippen molar-refractivity contribution in [3.63, 3.8) is 0 Å². The van der Waals surface area contributed by atoms with Crippen LogP contribution in [0.5, 0.6) is 0 Å². The number of aliphatic carboxylic acids is 1. The highest BCUT2D eigenvalue weighted by atomic mass is 35.5. The summed E-state index contributed by atoms with van der Waals surface area (Å²) in [6.45, 7) is 2.99. The number of allylic oxidation sites excluding steroid dienone is 1. The molecule has 0 aromatic heterocycles. The fourth-order valence-electron chi connectivity index (χ4n) is 2.17. The molecule has 0 bridgehead atoms. The van der Waals surface area contributed by atoms with Crippen LogP contribution in [0.3, 0.4) is 0 Å². The molecule has 0 amide bonds. The number of rotatable bonds is 4. The van der Waals surface area contributed by atoms with Crippen LogP contribution in [0.25, 0.3) is 0 Å². The van der Waals surface area contributed by atoms with E-state index in [2.05, 4.69) is 4.74 Å². The third-order valence-corrected chi connectivity index (χ3v) is 3.80. The van der Waals surface area contributed by atoms with Crippen molar-refractivity contribution in [2.24, 2.45) is 17.3 Å². The van der Waals surface area contributed by atoms with Gasteiger partial charge in [0.05, 0.1) is 5.92 Å². The maximum Gasteiger partial charge on any atom is 0.434 e. The lowest BCUT2D eigenvalue weighted by atomic mass is 10.1. The molecule has 0 heterocycles. The van der Waals surface area contributed by atoms with Gasteiger partial charge in [0.15, 0.2) is 0 Å². The maximum absolute atomic E-state index is 12.3. The first-order valence-electron chi connectivity index (χ1n) is 6.04. The van der Waals surface area contributed by atoms with Crippen molar-refractivity contribution < 1.29 is 45.8 Å². The Morgan fingerprint density at radius 1 is 1.17 bits per heavy atom. The van der Waals surface area contributed by atoms with Gasteiger partial charge in [-0.1, -0.05) is 31.5 Å². The molecule has 1 aliphatic carbocycles. The highest BCUT2D eigenvalue weighted by molar-refractivity contribution is 6.41. The van der Waals surface area contributed by atoms with Gasteiger partial charge in [-0.25, -0.2) is 4.79 Å². The molecule has 1 rings (SSSR count). The minimum absolute atomic E-state index is 0.798. The normalized spacial score (nSPS) is 24.5. The van der Waals surface area contributed by atoms with Gasteiger partial charge in [0, 0.05) is 0 Å². The Bertz CT molecular complexity index is 523. The van der Waals surface area contributed by atoms with Crippen LogP contribution in [0.1, 0.15) is 13.8 Å². The van der Waals surface area contributed by atoms with Crippen molar-refractivity contribution in [2.75, 3.05) is 0 Å². The lowest BCUT2D eigenvalue weighted by Crippen LogP contribution is -2.45. The Morgan fingerprint density at radius 3 is 1.91 bits per heavy atom. The minimum Gasteiger partial charge on any atom is -0.481 e. The number of hydrogen-bond donors (Lipinski definition) is 1. The van der Waals surface area contributed by atoms with Crippen molar-refractivity contribution in [1.82, 2.24) is 0 Å². The molecule has 0 aromatic carbocycles. The average molecular weight is 369 g/mol. The lowest BCUT2D eigenvalue weighted by molar-refractivity contribution is -0.312. The van der Waals surface area contributed by atoms with Gasteiger partial charge < -0.3 is 9.84 Å². The van der Waals surface area contributed by atoms with Gasteiger partial charge in [-0.2, -0.15) is 26.3 Å². The number of alkyl halides is 6. The zero-order valence-electron chi connectivity index (χ0n) is 11.6. The van der Waals surface area contributed by atoms with E-state index in [0.29, 0.717) is 0 Å². The summed E-state index contributed by atoms with van der Waals surface area (Å²) >= 11 is 5.37. The number of carboxylic acids is 1. The molecule has 11 heteroatoms. The number of carbonyl (C=O) groups excluding carboxylic acids is 1. The molecule has 1 aliphatic rings. The Labute approximate surface area is 131 Å². The van der Waals surface area contributed by atoms with E-state index >= 15 is 0 Å². The smallest absolute Gasteiger partial charge is 0.434 e. The molecule has 1 saturated carbocycles. The fourth-order valence-corrected chi connectivity index (χ4v) is 2.35. The molecule has 0 radical (unpaired) electrons. The van der Waals surface area contributed by atoms with Crippen molar-refractivity contribution >= 4 is 23.5 Å². The molecule has 0 aliphatic heterocycles. The number of ether oxygens (including phenoxy) is 1. The van der Waals surface area contributed by atoms with Crippen molar-refractivity contribution in [3.8, 4) is 0 Å². The summed E-state index contributed by atoms with van der Waals surface area (Å²) in [4.78, 5) is 22.2. The summed E-state index contributed by atoms with van der Waals surface area (Å²) < 4.78 is 77.0. The summed E-state index contributed by atoms with van der Waals surface area (Å²) in [5, 5.41) is 7.85. The van der Waals surface area contributed by atoms with E-state index in [4.69, 9.17) is 16.7 Å². The van der Waals surface area contributed by atoms with Gasteiger partial charge >= 0.3 is 24.3 Å². The molecular weight excluding hydrogens is 358 g/mol. The van der Waals surface area contributed by atoms with Gasteiger partial charge in [0.2, 0.25) is 0 Å². The summed E-state index contributed by atoms with van der Waals surface area (Å²) in [5.74, 6) is -5.02. The lowest BCUT2D eigenvalue weighted by Gasteiger charge is -2.22. The van der Waals surface area contributed by atoms with Gasteiger partial charge in [-0.05, 0) is 11.3 Å². The standard InChI is InChI=1S/C12H11ClF6O4/c1-10(2)4(6(10)7(20)21)3-5(13)8(22)23-9(11(14,15)16)12(17,18)19/h3-4,6,9H,1-2H3,(H,20,21)/b5-3-. The van der Waals surface area contributed by atoms with Crippen LogP contribution in [0.15, 0.2) is 11.1 Å². The van der Waals surface area contributed by atoms with Crippen LogP contribution in [0.2, 0.25) is 0 Å². The largest absolute Gasteiger partial charge is 0.481 e. The van der Waals surface area contributed by atoms with E-state index in [1.165, 1.54) is 13.8 Å². The fraction of sp³-hybridized carbons (Fsp3) is 0.667. The predicted octanol–water partition coefficient (Wildman–Crippen LogP) is 3.50. The number of carboxylic acid groups (broad SMARTS) is 1. The Hall–Kier alpha value is -1.45. The van der Waals surface area contributed by atoms with Gasteiger partial charge in [0.1, 0.15) is 5.03 Å². The summed E-state index contributed by atoms with van der Waals surface area (Å²) in [5.41, 5.74) is -0.834. The number of carbonyl (C=O) groups is 2. The van der Waals surface area contributed by atoms with E-state index in [1.54, 1.807) is 0 Å². The van der Waals surface area contributed by atoms with Crippen molar-refractivity contribution in [1.29, 1.82) is 0 Å². The first-order chi connectivity index (χ1) is 10.1. The van der Waals surface area contributed by atoms with E-state index < -0.39 is 52.7 Å². The second kappa shape index (κ2) is 5.88. The third-order valence-electron chi connectivity index (χ3n) is 3.52. The average Bonchev–Trinajstić information content (AvgIpc) is 2.84. The quantitative estimate of drug-likeness (QED) is 0.468. The van der Waals surface area contributed by atoms with Crippen molar-refractivity contribution in [2.45, 2.75) is 32.3 Å². The SMILES string of the molecule is CC1(C)C(/C=C(\Cl)C(=O)OC(C(F)(F)F)C(F)(F)F)C1C(=O)O. The van der Waals surface area contributed by atoms with Gasteiger partial charge in [-0.3, -0.25) is 4.79 Å². The van der Waals surface area contributed by atoms with Gasteiger partial charge in [-0.15, -0.1) is 0 Å². The van der Waals surface area contributed by atoms with E-state index in [1.807, 2.05) is 0 Å². The molecule has 0 aromatic rings. The molecule has 23 heavy (non-hydrogen) atoms. The van der Waals surface area contributed by atoms with Crippen LogP contribution in [-0.2, 0) is 14.3 Å². The third kappa shape index (κ3) is 4.30. The van der Waals surface area contributed by atoms with E-state index in [0.717, 1.165) is 6.08 Å².